The van der Waals surface area contributed by atoms with Gasteiger partial charge >= 0.3 is 0 Å². The summed E-state index contributed by atoms with van der Waals surface area (Å²) in [6.45, 7) is 13.2. The summed E-state index contributed by atoms with van der Waals surface area (Å²) in [4.78, 5) is 18.3. The molecular weight excluding hydrogens is 454 g/mol. The minimum atomic E-state index is -0.0371. The van der Waals surface area contributed by atoms with Crippen LogP contribution in [0.25, 0.3) is 16.2 Å². The van der Waals surface area contributed by atoms with Gasteiger partial charge in [0.15, 0.2) is 5.96 Å². The molecule has 4 rings (SSSR count). The first-order valence-electron chi connectivity index (χ1n) is 12.1. The lowest BCUT2D eigenvalue weighted by Gasteiger charge is -2.22. The van der Waals surface area contributed by atoms with Crippen LogP contribution in [-0.4, -0.2) is 31.5 Å². The fourth-order valence-corrected chi connectivity index (χ4v) is 5.27. The van der Waals surface area contributed by atoms with E-state index in [4.69, 9.17) is 10.7 Å². The third-order valence-electron chi connectivity index (χ3n) is 6.39. The highest BCUT2D eigenvalue weighted by Crippen LogP contribution is 2.36. The molecule has 3 aromatic rings. The van der Waals surface area contributed by atoms with E-state index in [1.807, 2.05) is 30.3 Å². The van der Waals surface area contributed by atoms with Crippen LogP contribution in [0, 0.1) is 5.92 Å². The number of aliphatic imine (C=N–C) groups is 1. The molecule has 35 heavy (non-hydrogen) atoms. The Labute approximate surface area is 211 Å². The molecular formula is C28H35N5OS. The normalized spacial score (nSPS) is 15.2. The smallest absolute Gasteiger partial charge is 0.261 e. The number of piperidine rings is 1. The van der Waals surface area contributed by atoms with Gasteiger partial charge in [0.05, 0.1) is 10.6 Å². The monoisotopic (exact) mass is 489 g/mol. The number of fused-ring (bicyclic) bond motifs is 1. The van der Waals surface area contributed by atoms with Crippen LogP contribution in [0.3, 0.4) is 0 Å². The summed E-state index contributed by atoms with van der Waals surface area (Å²) >= 11 is 1.47. The molecule has 1 amide bonds. The highest BCUT2D eigenvalue weighted by Gasteiger charge is 2.18. The van der Waals surface area contributed by atoms with Crippen molar-refractivity contribution >= 4 is 50.7 Å². The molecule has 2 heterocycles. The van der Waals surface area contributed by atoms with Gasteiger partial charge in [-0.05, 0) is 67.1 Å². The van der Waals surface area contributed by atoms with Gasteiger partial charge in [-0.3, -0.25) is 4.79 Å². The fraction of sp³-hybridized carbons (Fsp3) is 0.357. The number of benzene rings is 2. The van der Waals surface area contributed by atoms with E-state index in [-0.39, 0.29) is 17.3 Å². The highest BCUT2D eigenvalue weighted by atomic mass is 32.1. The summed E-state index contributed by atoms with van der Waals surface area (Å²) in [6, 6.07) is 14.1. The molecule has 0 radical (unpaired) electrons. The van der Waals surface area contributed by atoms with Crippen molar-refractivity contribution in [3.05, 3.63) is 65.0 Å². The molecule has 1 fully saturated rings. The van der Waals surface area contributed by atoms with Crippen LogP contribution in [0.15, 0.2) is 54.0 Å². The highest BCUT2D eigenvalue weighted by molar-refractivity contribution is 7.20. The van der Waals surface area contributed by atoms with Crippen LogP contribution in [0.2, 0.25) is 0 Å². The number of thiophene rings is 1. The Balaban J connectivity index is 1.58. The number of carbonyl (C=O) groups is 1. The maximum atomic E-state index is 12.9. The summed E-state index contributed by atoms with van der Waals surface area (Å²) in [5, 5.41) is 10.6. The zero-order chi connectivity index (χ0) is 25.0. The molecule has 5 N–H and O–H groups in total. The minimum absolute atomic E-state index is 0.0344. The minimum Gasteiger partial charge on any atom is -0.369 e. The lowest BCUT2D eigenvalue weighted by atomic mass is 9.87. The summed E-state index contributed by atoms with van der Waals surface area (Å²) in [6.07, 6.45) is 3.96. The van der Waals surface area contributed by atoms with Gasteiger partial charge in [-0.15, -0.1) is 11.3 Å². The van der Waals surface area contributed by atoms with E-state index in [1.165, 1.54) is 16.9 Å². The fourth-order valence-electron chi connectivity index (χ4n) is 4.29. The number of anilines is 1. The Morgan fingerprint density at radius 2 is 2.00 bits per heavy atom. The number of rotatable bonds is 6. The van der Waals surface area contributed by atoms with Crippen LogP contribution in [0.4, 0.5) is 11.4 Å². The van der Waals surface area contributed by atoms with E-state index < -0.39 is 0 Å². The molecule has 2 aromatic carbocycles. The molecule has 1 aliphatic rings. The topological polar surface area (TPSA) is 91.5 Å². The number of amides is 1. The van der Waals surface area contributed by atoms with Crippen LogP contribution in [0.1, 0.15) is 54.4 Å². The lowest BCUT2D eigenvalue weighted by molar-refractivity contribution is 0.0948. The molecule has 6 nitrogen and oxygen atoms in total. The summed E-state index contributed by atoms with van der Waals surface area (Å²) < 4.78 is 0.990. The van der Waals surface area contributed by atoms with Crippen LogP contribution < -0.4 is 21.7 Å². The van der Waals surface area contributed by atoms with Gasteiger partial charge in [0.1, 0.15) is 0 Å². The molecule has 0 aliphatic carbocycles. The van der Waals surface area contributed by atoms with E-state index in [0.717, 1.165) is 47.3 Å². The van der Waals surface area contributed by atoms with E-state index >= 15 is 0 Å². The Hall–Kier alpha value is -3.16. The largest absolute Gasteiger partial charge is 0.369 e. The van der Waals surface area contributed by atoms with Crippen molar-refractivity contribution in [2.24, 2.45) is 16.6 Å². The number of nitrogens with zero attached hydrogens (tertiary/aromatic N) is 1. The van der Waals surface area contributed by atoms with Crippen molar-refractivity contribution in [3.63, 3.8) is 0 Å². The zero-order valence-corrected chi connectivity index (χ0v) is 21.6. The molecule has 1 aliphatic heterocycles. The van der Waals surface area contributed by atoms with Gasteiger partial charge < -0.3 is 21.7 Å². The van der Waals surface area contributed by atoms with E-state index in [9.17, 15) is 4.79 Å². The van der Waals surface area contributed by atoms with Gasteiger partial charge in [0, 0.05) is 27.9 Å². The molecule has 0 spiro atoms. The number of nitrogens with two attached hydrogens (primary N) is 1. The molecule has 1 saturated heterocycles. The zero-order valence-electron chi connectivity index (χ0n) is 20.8. The summed E-state index contributed by atoms with van der Waals surface area (Å²) in [7, 11) is 0. The number of carbonyl (C=O) groups excluding carboxylic acids is 1. The number of hydrogen-bond donors (Lipinski definition) is 4. The molecule has 0 bridgehead atoms. The molecule has 0 atom stereocenters. The molecule has 0 unspecified atom stereocenters. The Bertz CT molecular complexity index is 1250. The van der Waals surface area contributed by atoms with Gasteiger partial charge in [0.25, 0.3) is 5.91 Å². The van der Waals surface area contributed by atoms with Crippen LogP contribution >= 0.6 is 11.3 Å². The molecule has 184 valence electrons. The Morgan fingerprint density at radius 3 is 2.71 bits per heavy atom. The first-order valence-corrected chi connectivity index (χ1v) is 13.0. The maximum absolute atomic E-state index is 12.9. The first-order chi connectivity index (χ1) is 16.7. The average Bonchev–Trinajstić information content (AvgIpc) is 3.28. The average molecular weight is 490 g/mol. The number of guanidine groups is 1. The van der Waals surface area contributed by atoms with Crippen molar-refractivity contribution in [3.8, 4) is 0 Å². The predicted octanol–water partition coefficient (Wildman–Crippen LogP) is 5.63. The molecule has 1 aromatic heterocycles. The van der Waals surface area contributed by atoms with Gasteiger partial charge in [0.2, 0.25) is 0 Å². The van der Waals surface area contributed by atoms with E-state index in [1.54, 1.807) is 6.08 Å². The second-order valence-electron chi connectivity index (χ2n) is 10.1. The number of hydrogen-bond acceptors (Lipinski definition) is 4. The first kappa shape index (κ1) is 24.9. The van der Waals surface area contributed by atoms with E-state index in [2.05, 4.69) is 55.4 Å². The van der Waals surface area contributed by atoms with Crippen molar-refractivity contribution < 1.29 is 4.79 Å². The second-order valence-corrected chi connectivity index (χ2v) is 11.2. The predicted molar refractivity (Wildman–Crippen MR) is 150 cm³/mol. The molecule has 0 saturated carbocycles. The third-order valence-corrected chi connectivity index (χ3v) is 7.49. The lowest BCUT2D eigenvalue weighted by Crippen LogP contribution is -2.35. The standard InChI is InChI=1S/C28H35N5OS/c1-5-19-9-10-23-22(16-24(35-23)26(34)31-17-18-11-13-30-14-12-18)25(19)33-27(29)32-21-8-6-7-20(15-21)28(2,3)4/h5-10,15-16,18,30H,1,11-14,17H2,2-4H3,(H,31,34)(H3,29,32,33). The Kier molecular flexibility index (Phi) is 7.57. The van der Waals surface area contributed by atoms with Gasteiger partial charge in [-0.1, -0.05) is 51.6 Å². The maximum Gasteiger partial charge on any atom is 0.261 e. The third kappa shape index (κ3) is 6.10. The van der Waals surface area contributed by atoms with Crippen molar-refractivity contribution in [2.45, 2.75) is 39.0 Å². The Morgan fingerprint density at radius 1 is 1.23 bits per heavy atom. The van der Waals surface area contributed by atoms with Crippen molar-refractivity contribution in [1.82, 2.24) is 10.6 Å². The van der Waals surface area contributed by atoms with Gasteiger partial charge in [-0.2, -0.15) is 0 Å². The van der Waals surface area contributed by atoms with Gasteiger partial charge in [-0.25, -0.2) is 4.99 Å². The summed E-state index contributed by atoms with van der Waals surface area (Å²) in [5.74, 6) is 0.782. The SMILES string of the molecule is C=Cc1ccc2sc(C(=O)NCC3CCNCC3)cc2c1N=C(N)Nc1cccc(C(C)(C)C)c1. The van der Waals surface area contributed by atoms with Crippen molar-refractivity contribution in [1.29, 1.82) is 0 Å². The quantitative estimate of drug-likeness (QED) is 0.267. The number of nitrogens with one attached hydrogen (secondary N) is 3. The summed E-state index contributed by atoms with van der Waals surface area (Å²) in [5.41, 5.74) is 10.0. The second kappa shape index (κ2) is 10.6. The van der Waals surface area contributed by atoms with Crippen molar-refractivity contribution in [2.75, 3.05) is 25.0 Å². The molecule has 7 heteroatoms. The van der Waals surface area contributed by atoms with Crippen LogP contribution in [-0.2, 0) is 5.41 Å². The van der Waals surface area contributed by atoms with E-state index in [0.29, 0.717) is 23.0 Å². The van der Waals surface area contributed by atoms with Crippen LogP contribution in [0.5, 0.6) is 0 Å².